The van der Waals surface area contributed by atoms with Gasteiger partial charge < -0.3 is 20.1 Å². The van der Waals surface area contributed by atoms with E-state index in [1.54, 1.807) is 13.2 Å². The van der Waals surface area contributed by atoms with Crippen molar-refractivity contribution in [2.45, 2.75) is 63.6 Å². The number of nitrogens with one attached hydrogen (secondary N) is 2. The third-order valence-electron chi connectivity index (χ3n) is 4.99. The highest BCUT2D eigenvalue weighted by molar-refractivity contribution is 5.95. The molecular formula is C19H28N2O3. The number of hydrogen-bond acceptors (Lipinski definition) is 4. The first kappa shape index (κ1) is 17.1. The largest absolute Gasteiger partial charge is 0.493 e. The molecule has 24 heavy (non-hydrogen) atoms. The zero-order valence-electron chi connectivity index (χ0n) is 14.6. The van der Waals surface area contributed by atoms with E-state index in [-0.39, 0.29) is 11.9 Å². The van der Waals surface area contributed by atoms with E-state index in [2.05, 4.69) is 17.6 Å². The zero-order valence-corrected chi connectivity index (χ0v) is 14.6. The van der Waals surface area contributed by atoms with Crippen molar-refractivity contribution < 1.29 is 14.3 Å². The fourth-order valence-electron chi connectivity index (χ4n) is 3.70. The second-order valence-electron chi connectivity index (χ2n) is 6.85. The lowest BCUT2D eigenvalue weighted by molar-refractivity contribution is 0.0923. The Bertz CT molecular complexity index is 564. The van der Waals surface area contributed by atoms with E-state index in [1.165, 1.54) is 12.8 Å². The summed E-state index contributed by atoms with van der Waals surface area (Å²) in [7, 11) is 1.61. The minimum absolute atomic E-state index is 0.0280. The SMILES string of the molecule is CCCCOc1ccc(C(=O)NC2CC3CCC(C2)N3)cc1OC. The summed E-state index contributed by atoms with van der Waals surface area (Å²) in [4.78, 5) is 12.6. The van der Waals surface area contributed by atoms with Crippen molar-refractivity contribution in [1.82, 2.24) is 10.6 Å². The number of amides is 1. The van der Waals surface area contributed by atoms with Crippen LogP contribution >= 0.6 is 0 Å². The molecule has 0 aliphatic carbocycles. The first-order valence-corrected chi connectivity index (χ1v) is 9.07. The van der Waals surface area contributed by atoms with Gasteiger partial charge in [0.05, 0.1) is 13.7 Å². The van der Waals surface area contributed by atoms with Gasteiger partial charge in [-0.3, -0.25) is 4.79 Å². The fraction of sp³-hybridized carbons (Fsp3) is 0.632. The average Bonchev–Trinajstić information content (AvgIpc) is 2.93. The summed E-state index contributed by atoms with van der Waals surface area (Å²) in [5.74, 6) is 1.28. The monoisotopic (exact) mass is 332 g/mol. The van der Waals surface area contributed by atoms with Crippen molar-refractivity contribution in [3.8, 4) is 11.5 Å². The molecule has 2 aliphatic rings. The molecule has 2 fully saturated rings. The van der Waals surface area contributed by atoms with Crippen LogP contribution in [-0.4, -0.2) is 37.7 Å². The molecule has 0 radical (unpaired) electrons. The van der Waals surface area contributed by atoms with Gasteiger partial charge in [0.15, 0.2) is 11.5 Å². The smallest absolute Gasteiger partial charge is 0.251 e. The normalized spacial score (nSPS) is 25.3. The van der Waals surface area contributed by atoms with E-state index < -0.39 is 0 Å². The second-order valence-corrected chi connectivity index (χ2v) is 6.85. The molecule has 2 N–H and O–H groups in total. The van der Waals surface area contributed by atoms with E-state index in [0.717, 1.165) is 25.7 Å². The Kier molecular flexibility index (Phi) is 5.61. The molecule has 2 aliphatic heterocycles. The van der Waals surface area contributed by atoms with Crippen LogP contribution in [-0.2, 0) is 0 Å². The van der Waals surface area contributed by atoms with Crippen LogP contribution in [0, 0.1) is 0 Å². The Hall–Kier alpha value is -1.75. The van der Waals surface area contributed by atoms with E-state index in [1.807, 2.05) is 12.1 Å². The van der Waals surface area contributed by atoms with Gasteiger partial charge in [-0.1, -0.05) is 13.3 Å². The van der Waals surface area contributed by atoms with Crippen LogP contribution in [0.3, 0.4) is 0 Å². The summed E-state index contributed by atoms with van der Waals surface area (Å²) < 4.78 is 11.1. The quantitative estimate of drug-likeness (QED) is 0.754. The van der Waals surface area contributed by atoms with Gasteiger partial charge in [-0.05, 0) is 50.3 Å². The van der Waals surface area contributed by atoms with Crippen molar-refractivity contribution in [3.63, 3.8) is 0 Å². The van der Waals surface area contributed by atoms with Crippen LogP contribution in [0.15, 0.2) is 18.2 Å². The van der Waals surface area contributed by atoms with Crippen LogP contribution in [0.5, 0.6) is 11.5 Å². The maximum absolute atomic E-state index is 12.6. The molecule has 2 unspecified atom stereocenters. The summed E-state index contributed by atoms with van der Waals surface area (Å²) in [5.41, 5.74) is 0.626. The van der Waals surface area contributed by atoms with E-state index in [0.29, 0.717) is 35.8 Å². The highest BCUT2D eigenvalue weighted by Gasteiger charge is 2.34. The summed E-state index contributed by atoms with van der Waals surface area (Å²) in [6.45, 7) is 2.79. The molecule has 0 saturated carbocycles. The van der Waals surface area contributed by atoms with Crippen molar-refractivity contribution in [2.75, 3.05) is 13.7 Å². The van der Waals surface area contributed by atoms with Gasteiger partial charge in [0, 0.05) is 23.7 Å². The van der Waals surface area contributed by atoms with Gasteiger partial charge in [-0.25, -0.2) is 0 Å². The molecule has 0 aromatic heterocycles. The van der Waals surface area contributed by atoms with Crippen LogP contribution in [0.25, 0.3) is 0 Å². The Balaban J connectivity index is 1.62. The van der Waals surface area contributed by atoms with Gasteiger partial charge in [-0.15, -0.1) is 0 Å². The summed E-state index contributed by atoms with van der Waals surface area (Å²) in [6, 6.07) is 6.81. The molecule has 2 saturated heterocycles. The van der Waals surface area contributed by atoms with E-state index in [4.69, 9.17) is 9.47 Å². The lowest BCUT2D eigenvalue weighted by atomic mass is 9.99. The van der Waals surface area contributed by atoms with Gasteiger partial charge in [0.25, 0.3) is 5.91 Å². The third kappa shape index (κ3) is 4.01. The Morgan fingerprint density at radius 2 is 2.00 bits per heavy atom. The van der Waals surface area contributed by atoms with Gasteiger partial charge in [-0.2, -0.15) is 0 Å². The molecule has 2 bridgehead atoms. The molecule has 132 valence electrons. The molecule has 0 spiro atoms. The number of fused-ring (bicyclic) bond motifs is 2. The molecule has 5 nitrogen and oxygen atoms in total. The Morgan fingerprint density at radius 3 is 2.67 bits per heavy atom. The van der Waals surface area contributed by atoms with Crippen molar-refractivity contribution >= 4 is 5.91 Å². The Morgan fingerprint density at radius 1 is 1.25 bits per heavy atom. The molecule has 2 atom stereocenters. The molecule has 2 heterocycles. The van der Waals surface area contributed by atoms with Crippen LogP contribution in [0.1, 0.15) is 55.8 Å². The minimum Gasteiger partial charge on any atom is -0.493 e. The maximum atomic E-state index is 12.6. The number of piperidine rings is 1. The van der Waals surface area contributed by atoms with Crippen LogP contribution in [0.4, 0.5) is 0 Å². The number of rotatable bonds is 7. The Labute approximate surface area is 144 Å². The predicted molar refractivity (Wildman–Crippen MR) is 93.8 cm³/mol. The number of benzene rings is 1. The number of unbranched alkanes of at least 4 members (excludes halogenated alkanes) is 1. The predicted octanol–water partition coefficient (Wildman–Crippen LogP) is 2.89. The van der Waals surface area contributed by atoms with Crippen molar-refractivity contribution in [2.24, 2.45) is 0 Å². The molecular weight excluding hydrogens is 304 g/mol. The van der Waals surface area contributed by atoms with Gasteiger partial charge in [0.1, 0.15) is 0 Å². The van der Waals surface area contributed by atoms with Gasteiger partial charge in [0.2, 0.25) is 0 Å². The summed E-state index contributed by atoms with van der Waals surface area (Å²) >= 11 is 0. The number of ether oxygens (including phenoxy) is 2. The van der Waals surface area contributed by atoms with Crippen molar-refractivity contribution in [1.29, 1.82) is 0 Å². The lowest BCUT2D eigenvalue weighted by Gasteiger charge is -2.29. The number of hydrogen-bond donors (Lipinski definition) is 2. The second kappa shape index (κ2) is 7.88. The standard InChI is InChI=1S/C19H28N2O3/c1-3-4-9-24-17-8-5-13(10-18(17)23-2)19(22)21-16-11-14-6-7-15(12-16)20-14/h5,8,10,14-16,20H,3-4,6-7,9,11-12H2,1-2H3,(H,21,22). The zero-order chi connectivity index (χ0) is 16.9. The highest BCUT2D eigenvalue weighted by Crippen LogP contribution is 2.29. The summed E-state index contributed by atoms with van der Waals surface area (Å²) in [6.07, 6.45) is 6.60. The molecule has 3 rings (SSSR count). The van der Waals surface area contributed by atoms with E-state index >= 15 is 0 Å². The molecule has 5 heteroatoms. The summed E-state index contributed by atoms with van der Waals surface area (Å²) in [5, 5.41) is 6.78. The maximum Gasteiger partial charge on any atom is 0.251 e. The molecule has 1 aromatic carbocycles. The van der Waals surface area contributed by atoms with Gasteiger partial charge >= 0.3 is 0 Å². The first-order valence-electron chi connectivity index (χ1n) is 9.07. The van der Waals surface area contributed by atoms with Crippen LogP contribution < -0.4 is 20.1 Å². The van der Waals surface area contributed by atoms with Crippen LogP contribution in [0.2, 0.25) is 0 Å². The molecule has 1 amide bonds. The first-order chi connectivity index (χ1) is 11.7. The molecule has 1 aromatic rings. The highest BCUT2D eigenvalue weighted by atomic mass is 16.5. The number of carbonyl (C=O) groups excluding carboxylic acids is 1. The van der Waals surface area contributed by atoms with Crippen molar-refractivity contribution in [3.05, 3.63) is 23.8 Å². The van der Waals surface area contributed by atoms with E-state index in [9.17, 15) is 4.79 Å². The number of methoxy groups -OCH3 is 1. The average molecular weight is 332 g/mol. The fourth-order valence-corrected chi connectivity index (χ4v) is 3.70. The number of carbonyl (C=O) groups is 1. The third-order valence-corrected chi connectivity index (χ3v) is 4.99. The minimum atomic E-state index is -0.0280. The lowest BCUT2D eigenvalue weighted by Crippen LogP contribution is -2.48. The topological polar surface area (TPSA) is 59.6 Å².